The van der Waals surface area contributed by atoms with Crippen LogP contribution in [0.15, 0.2) is 103 Å². The molecule has 3 N–H and O–H groups in total. The fourth-order valence-electron chi connectivity index (χ4n) is 4.93. The number of pyridine rings is 1. The van der Waals surface area contributed by atoms with Crippen LogP contribution in [-0.2, 0) is 0 Å². The molecule has 0 atom stereocenters. The molecule has 0 aliphatic rings. The number of aromatic amines is 2. The lowest BCUT2D eigenvalue weighted by atomic mass is 9.84. The molecule has 8 heteroatoms. The molecule has 3 heterocycles. The predicted octanol–water partition coefficient (Wildman–Crippen LogP) is 5.73. The first kappa shape index (κ1) is 24.4. The van der Waals surface area contributed by atoms with E-state index >= 15 is 0 Å². The van der Waals surface area contributed by atoms with Gasteiger partial charge in [0.2, 0.25) is 0 Å². The average Bonchev–Trinajstić information content (AvgIpc) is 3.62. The van der Waals surface area contributed by atoms with Crippen LogP contribution in [-0.4, -0.2) is 27.1 Å². The molecule has 8 nitrogen and oxygen atoms in total. The predicted molar refractivity (Wildman–Crippen MR) is 153 cm³/mol. The highest BCUT2D eigenvalue weighted by Gasteiger charge is 2.24. The van der Waals surface area contributed by atoms with Crippen LogP contribution in [0.25, 0.3) is 21.8 Å². The number of aromatic nitrogens is 3. The Hall–Kier alpha value is -5.99. The third-order valence-electron chi connectivity index (χ3n) is 6.90. The largest absolute Gasteiger partial charge is 0.361 e. The second-order valence-electron chi connectivity index (χ2n) is 9.27. The third kappa shape index (κ3) is 4.58. The molecule has 0 saturated carbocycles. The normalized spacial score (nSPS) is 11.2. The van der Waals surface area contributed by atoms with Crippen LogP contribution in [0, 0.1) is 22.7 Å². The van der Waals surface area contributed by atoms with Crippen molar-refractivity contribution >= 4 is 33.9 Å². The lowest BCUT2D eigenvalue weighted by Gasteiger charge is -2.18. The Labute approximate surface area is 229 Å². The van der Waals surface area contributed by atoms with E-state index in [9.17, 15) is 15.3 Å². The standard InChI is InChI=1S/C32H21N7O/c33-15-21-1-7-29-25(13-21)27(18-36-29)31(28-19-37-30-8-2-22(16-34)14-26(28)30)23-3-5-24(6-4-23)32(40)39-38-17-20-9-11-35-12-10-20/h1-14,17-19,31,36-37H,(H,39,40)/b38-17+. The smallest absolute Gasteiger partial charge is 0.271 e. The number of nitriles is 2. The van der Waals surface area contributed by atoms with E-state index in [0.717, 1.165) is 44.1 Å². The highest BCUT2D eigenvalue weighted by atomic mass is 16.2. The van der Waals surface area contributed by atoms with E-state index in [4.69, 9.17) is 0 Å². The summed E-state index contributed by atoms with van der Waals surface area (Å²) in [6, 6.07) is 26.5. The van der Waals surface area contributed by atoms with E-state index in [0.29, 0.717) is 16.7 Å². The van der Waals surface area contributed by atoms with Crippen LogP contribution < -0.4 is 5.43 Å². The molecule has 3 aromatic carbocycles. The van der Waals surface area contributed by atoms with Gasteiger partial charge >= 0.3 is 0 Å². The number of nitrogens with zero attached hydrogens (tertiary/aromatic N) is 4. The molecule has 0 radical (unpaired) electrons. The maximum Gasteiger partial charge on any atom is 0.271 e. The first-order valence-electron chi connectivity index (χ1n) is 12.5. The number of hydrogen-bond acceptors (Lipinski definition) is 5. The first-order chi connectivity index (χ1) is 19.6. The number of hydrazone groups is 1. The van der Waals surface area contributed by atoms with E-state index < -0.39 is 0 Å². The van der Waals surface area contributed by atoms with Crippen LogP contribution in [0.1, 0.15) is 49.7 Å². The molecule has 0 unspecified atom stereocenters. The van der Waals surface area contributed by atoms with Gasteiger partial charge in [0, 0.05) is 58.1 Å². The Morgan fingerprint density at radius 1 is 0.825 bits per heavy atom. The second-order valence-corrected chi connectivity index (χ2v) is 9.27. The van der Waals surface area contributed by atoms with E-state index in [1.54, 1.807) is 55.0 Å². The zero-order valence-corrected chi connectivity index (χ0v) is 21.1. The highest BCUT2D eigenvalue weighted by molar-refractivity contribution is 5.95. The number of carbonyl (C=O) groups excluding carboxylic acids is 1. The van der Waals surface area contributed by atoms with Crippen LogP contribution in [0.2, 0.25) is 0 Å². The van der Waals surface area contributed by atoms with Gasteiger partial charge in [0.25, 0.3) is 5.91 Å². The van der Waals surface area contributed by atoms with Crippen LogP contribution in [0.4, 0.5) is 0 Å². The van der Waals surface area contributed by atoms with Crippen molar-refractivity contribution in [1.82, 2.24) is 20.4 Å². The molecule has 0 bridgehead atoms. The van der Waals surface area contributed by atoms with Crippen molar-refractivity contribution < 1.29 is 4.79 Å². The fraction of sp³-hybridized carbons (Fsp3) is 0.0312. The lowest BCUT2D eigenvalue weighted by molar-refractivity contribution is 0.0955. The molecule has 0 saturated heterocycles. The Morgan fingerprint density at radius 2 is 1.40 bits per heavy atom. The summed E-state index contributed by atoms with van der Waals surface area (Å²) < 4.78 is 0. The number of amides is 1. The van der Waals surface area contributed by atoms with E-state index in [2.05, 4.69) is 37.6 Å². The van der Waals surface area contributed by atoms with Gasteiger partial charge in [-0.3, -0.25) is 9.78 Å². The van der Waals surface area contributed by atoms with Gasteiger partial charge in [0.15, 0.2) is 0 Å². The molecule has 0 spiro atoms. The minimum absolute atomic E-state index is 0.243. The van der Waals surface area contributed by atoms with Gasteiger partial charge in [-0.15, -0.1) is 0 Å². The summed E-state index contributed by atoms with van der Waals surface area (Å²) in [6.45, 7) is 0. The summed E-state index contributed by atoms with van der Waals surface area (Å²) in [6.07, 6.45) is 8.78. The zero-order chi connectivity index (χ0) is 27.5. The molecule has 190 valence electrons. The zero-order valence-electron chi connectivity index (χ0n) is 21.1. The maximum absolute atomic E-state index is 12.8. The molecule has 1 amide bonds. The van der Waals surface area contributed by atoms with Crippen molar-refractivity contribution in [2.24, 2.45) is 5.10 Å². The third-order valence-corrected chi connectivity index (χ3v) is 6.90. The van der Waals surface area contributed by atoms with Crippen molar-refractivity contribution in [3.63, 3.8) is 0 Å². The lowest BCUT2D eigenvalue weighted by Crippen LogP contribution is -2.17. The summed E-state index contributed by atoms with van der Waals surface area (Å²) >= 11 is 0. The van der Waals surface area contributed by atoms with Crippen LogP contribution in [0.5, 0.6) is 0 Å². The highest BCUT2D eigenvalue weighted by Crippen LogP contribution is 2.40. The van der Waals surface area contributed by atoms with Gasteiger partial charge in [-0.1, -0.05) is 12.1 Å². The molecule has 0 fully saturated rings. The number of benzene rings is 3. The van der Waals surface area contributed by atoms with Crippen molar-refractivity contribution in [3.05, 3.63) is 137 Å². The topological polar surface area (TPSA) is 134 Å². The number of H-pyrrole nitrogens is 2. The summed E-state index contributed by atoms with van der Waals surface area (Å²) in [7, 11) is 0. The Morgan fingerprint density at radius 3 is 1.95 bits per heavy atom. The number of nitrogens with one attached hydrogen (secondary N) is 3. The van der Waals surface area contributed by atoms with Gasteiger partial charge < -0.3 is 9.97 Å². The summed E-state index contributed by atoms with van der Waals surface area (Å²) in [5.74, 6) is -0.572. The molecule has 6 rings (SSSR count). The molecular weight excluding hydrogens is 498 g/mol. The van der Waals surface area contributed by atoms with Crippen molar-refractivity contribution in [1.29, 1.82) is 10.5 Å². The number of hydrogen-bond donors (Lipinski definition) is 3. The average molecular weight is 520 g/mol. The maximum atomic E-state index is 12.8. The Balaban J connectivity index is 1.40. The monoisotopic (exact) mass is 519 g/mol. The molecule has 40 heavy (non-hydrogen) atoms. The van der Waals surface area contributed by atoms with Gasteiger partial charge in [-0.2, -0.15) is 15.6 Å². The van der Waals surface area contributed by atoms with Gasteiger partial charge in [-0.25, -0.2) is 5.43 Å². The summed E-state index contributed by atoms with van der Waals surface area (Å²) in [5, 5.41) is 25.0. The van der Waals surface area contributed by atoms with E-state index in [-0.39, 0.29) is 11.8 Å². The van der Waals surface area contributed by atoms with Crippen LogP contribution in [0.3, 0.4) is 0 Å². The fourth-order valence-corrected chi connectivity index (χ4v) is 4.93. The molecular formula is C32H21N7O. The molecule has 0 aliphatic heterocycles. The number of rotatable bonds is 6. The Kier molecular flexibility index (Phi) is 6.34. The van der Waals surface area contributed by atoms with Crippen molar-refractivity contribution in [2.75, 3.05) is 0 Å². The molecule has 3 aromatic heterocycles. The first-order valence-corrected chi connectivity index (χ1v) is 12.5. The molecule has 6 aromatic rings. The SMILES string of the molecule is N#Cc1ccc2[nH]cc(C(c3ccc(C(=O)N/N=C/c4ccncc4)cc3)c3c[nH]c4ccc(C#N)cc34)c2c1. The van der Waals surface area contributed by atoms with Gasteiger partial charge in [0.05, 0.1) is 29.5 Å². The number of fused-ring (bicyclic) bond motifs is 2. The van der Waals surface area contributed by atoms with E-state index in [1.807, 2.05) is 48.8 Å². The van der Waals surface area contributed by atoms with Crippen molar-refractivity contribution in [2.45, 2.75) is 5.92 Å². The molecule has 0 aliphatic carbocycles. The van der Waals surface area contributed by atoms with E-state index in [1.165, 1.54) is 0 Å². The second kappa shape index (κ2) is 10.4. The summed E-state index contributed by atoms with van der Waals surface area (Å²) in [4.78, 5) is 23.4. The van der Waals surface area contributed by atoms with Crippen LogP contribution >= 0.6 is 0 Å². The Bertz CT molecular complexity index is 1880. The van der Waals surface area contributed by atoms with Crippen molar-refractivity contribution in [3.8, 4) is 12.1 Å². The minimum atomic E-state index is -0.329. The van der Waals surface area contributed by atoms with Gasteiger partial charge in [0.1, 0.15) is 0 Å². The minimum Gasteiger partial charge on any atom is -0.361 e. The number of carbonyl (C=O) groups is 1. The van der Waals surface area contributed by atoms with Gasteiger partial charge in [-0.05, 0) is 82.9 Å². The summed E-state index contributed by atoms with van der Waals surface area (Å²) in [5.41, 5.74) is 9.73. The quantitative estimate of drug-likeness (QED) is 0.191.